The molecule has 90 valence electrons. The van der Waals surface area contributed by atoms with Crippen LogP contribution >= 0.6 is 11.6 Å². The van der Waals surface area contributed by atoms with Gasteiger partial charge in [-0.15, -0.1) is 0 Å². The number of rotatable bonds is 3. The fraction of sp³-hybridized carbons (Fsp3) is 0.273. The zero-order valence-electron chi connectivity index (χ0n) is 8.80. The van der Waals surface area contributed by atoms with Crippen LogP contribution in [0.5, 0.6) is 0 Å². The molecule has 0 aliphatic carbocycles. The van der Waals surface area contributed by atoms with Gasteiger partial charge in [0.2, 0.25) is 0 Å². The number of benzene rings is 1. The molecule has 0 saturated carbocycles. The van der Waals surface area contributed by atoms with Crippen LogP contribution < -0.4 is 0 Å². The molecular weight excluding hydrogens is 246 g/mol. The van der Waals surface area contributed by atoms with E-state index in [1.54, 1.807) is 24.3 Å². The van der Waals surface area contributed by atoms with E-state index >= 15 is 0 Å². The van der Waals surface area contributed by atoms with Crippen LogP contribution in [0, 0.1) is 0 Å². The van der Waals surface area contributed by atoms with Gasteiger partial charge in [-0.25, -0.2) is 9.59 Å². The van der Waals surface area contributed by atoms with Crippen LogP contribution in [0.25, 0.3) is 0 Å². The number of ether oxygens (including phenoxy) is 1. The number of aliphatic carboxylic acids is 1. The minimum atomic E-state index is -1.09. The zero-order valence-corrected chi connectivity index (χ0v) is 9.55. The molecular formula is C11H10ClNO4. The molecule has 1 aliphatic rings. The van der Waals surface area contributed by atoms with E-state index < -0.39 is 18.1 Å². The zero-order chi connectivity index (χ0) is 12.4. The van der Waals surface area contributed by atoms with Crippen LogP contribution in [0.4, 0.5) is 4.79 Å². The fourth-order valence-electron chi connectivity index (χ4n) is 1.74. The topological polar surface area (TPSA) is 66.8 Å². The van der Waals surface area contributed by atoms with Crippen molar-refractivity contribution >= 4 is 23.7 Å². The number of hydrogen-bond donors (Lipinski definition) is 1. The van der Waals surface area contributed by atoms with E-state index in [-0.39, 0.29) is 13.2 Å². The first-order valence-electron chi connectivity index (χ1n) is 5.01. The Bertz CT molecular complexity index is 445. The molecule has 0 bridgehead atoms. The Kier molecular flexibility index (Phi) is 3.19. The van der Waals surface area contributed by atoms with E-state index in [2.05, 4.69) is 0 Å². The molecule has 1 atom stereocenters. The number of cyclic esters (lactones) is 1. The Balaban J connectivity index is 2.32. The Labute approximate surface area is 103 Å². The van der Waals surface area contributed by atoms with Crippen molar-refractivity contribution in [1.82, 2.24) is 4.90 Å². The maximum absolute atomic E-state index is 11.4. The molecule has 1 fully saturated rings. The summed E-state index contributed by atoms with van der Waals surface area (Å²) in [6, 6.07) is 5.34. The van der Waals surface area contributed by atoms with Gasteiger partial charge in [0.25, 0.3) is 0 Å². The van der Waals surface area contributed by atoms with Crippen molar-refractivity contribution in [2.45, 2.75) is 6.04 Å². The molecule has 0 spiro atoms. The number of carbonyl (C=O) groups excluding carboxylic acids is 1. The predicted octanol–water partition coefficient (Wildman–Crippen LogP) is 1.92. The predicted molar refractivity (Wildman–Crippen MR) is 59.9 cm³/mol. The largest absolute Gasteiger partial charge is 0.479 e. The summed E-state index contributed by atoms with van der Waals surface area (Å²) in [5, 5.41) is 9.71. The molecule has 1 N–H and O–H groups in total. The molecule has 2 rings (SSSR count). The molecule has 5 nitrogen and oxygen atoms in total. The van der Waals surface area contributed by atoms with Crippen LogP contribution in [0.15, 0.2) is 24.3 Å². The SMILES string of the molecule is O=C(O)[C@H](c1ccc(Cl)cc1)N1CCOC1=O. The van der Waals surface area contributed by atoms with E-state index in [1.807, 2.05) is 0 Å². The van der Waals surface area contributed by atoms with Gasteiger partial charge >= 0.3 is 12.1 Å². The van der Waals surface area contributed by atoms with Crippen molar-refractivity contribution in [2.75, 3.05) is 13.2 Å². The van der Waals surface area contributed by atoms with Crippen LogP contribution in [0.2, 0.25) is 5.02 Å². The van der Waals surface area contributed by atoms with Crippen LogP contribution in [-0.4, -0.2) is 35.2 Å². The summed E-state index contributed by atoms with van der Waals surface area (Å²) in [5.74, 6) is -1.09. The summed E-state index contributed by atoms with van der Waals surface area (Å²) >= 11 is 5.73. The molecule has 1 heterocycles. The molecule has 0 aromatic heterocycles. The highest BCUT2D eigenvalue weighted by atomic mass is 35.5. The molecule has 0 unspecified atom stereocenters. The third-order valence-electron chi connectivity index (χ3n) is 2.52. The second-order valence-corrected chi connectivity index (χ2v) is 4.04. The lowest BCUT2D eigenvalue weighted by Gasteiger charge is -2.21. The number of amides is 1. The summed E-state index contributed by atoms with van der Waals surface area (Å²) < 4.78 is 4.74. The summed E-state index contributed by atoms with van der Waals surface area (Å²) in [6.07, 6.45) is -0.604. The lowest BCUT2D eigenvalue weighted by atomic mass is 10.1. The highest BCUT2D eigenvalue weighted by Gasteiger charge is 2.35. The molecule has 1 saturated heterocycles. The minimum absolute atomic E-state index is 0.218. The van der Waals surface area contributed by atoms with Gasteiger partial charge in [0, 0.05) is 5.02 Å². The number of halogens is 1. The van der Waals surface area contributed by atoms with E-state index in [4.69, 9.17) is 16.3 Å². The van der Waals surface area contributed by atoms with Crippen LogP contribution in [0.3, 0.4) is 0 Å². The average molecular weight is 256 g/mol. The summed E-state index contributed by atoms with van der Waals surface area (Å²) in [7, 11) is 0. The Hall–Kier alpha value is -1.75. The van der Waals surface area contributed by atoms with Gasteiger partial charge in [0.15, 0.2) is 6.04 Å². The third kappa shape index (κ3) is 2.34. The first-order valence-corrected chi connectivity index (χ1v) is 5.39. The highest BCUT2D eigenvalue weighted by Crippen LogP contribution is 2.25. The number of nitrogens with zero attached hydrogens (tertiary/aromatic N) is 1. The lowest BCUT2D eigenvalue weighted by molar-refractivity contribution is -0.142. The van der Waals surface area contributed by atoms with E-state index in [1.165, 1.54) is 4.90 Å². The van der Waals surface area contributed by atoms with Crippen LogP contribution in [-0.2, 0) is 9.53 Å². The second-order valence-electron chi connectivity index (χ2n) is 3.60. The molecule has 0 radical (unpaired) electrons. The van der Waals surface area contributed by atoms with Crippen molar-refractivity contribution in [3.63, 3.8) is 0 Å². The van der Waals surface area contributed by atoms with Crippen LogP contribution in [0.1, 0.15) is 11.6 Å². The average Bonchev–Trinajstić information content (AvgIpc) is 2.68. The Morgan fingerprint density at radius 3 is 2.53 bits per heavy atom. The molecule has 1 amide bonds. The van der Waals surface area contributed by atoms with Crippen molar-refractivity contribution in [1.29, 1.82) is 0 Å². The quantitative estimate of drug-likeness (QED) is 0.896. The van der Waals surface area contributed by atoms with E-state index in [9.17, 15) is 14.7 Å². The summed E-state index contributed by atoms with van der Waals surface area (Å²) in [4.78, 5) is 23.8. The maximum atomic E-state index is 11.4. The minimum Gasteiger partial charge on any atom is -0.479 e. The first-order chi connectivity index (χ1) is 8.09. The van der Waals surface area contributed by atoms with Crippen molar-refractivity contribution in [3.8, 4) is 0 Å². The van der Waals surface area contributed by atoms with Gasteiger partial charge in [0.1, 0.15) is 6.61 Å². The van der Waals surface area contributed by atoms with Gasteiger partial charge in [-0.3, -0.25) is 4.90 Å². The normalized spacial score (nSPS) is 16.8. The van der Waals surface area contributed by atoms with Gasteiger partial charge in [0.05, 0.1) is 6.54 Å². The highest BCUT2D eigenvalue weighted by molar-refractivity contribution is 6.30. The van der Waals surface area contributed by atoms with Gasteiger partial charge in [-0.1, -0.05) is 23.7 Å². The number of carboxylic acids is 1. The molecule has 6 heteroatoms. The number of carbonyl (C=O) groups is 2. The third-order valence-corrected chi connectivity index (χ3v) is 2.78. The van der Waals surface area contributed by atoms with Gasteiger partial charge < -0.3 is 9.84 Å². The molecule has 17 heavy (non-hydrogen) atoms. The molecule has 1 aromatic carbocycles. The summed E-state index contributed by atoms with van der Waals surface area (Å²) in [6.45, 7) is 0.495. The fourth-order valence-corrected chi connectivity index (χ4v) is 1.87. The first kappa shape index (κ1) is 11.7. The molecule has 1 aromatic rings. The number of hydrogen-bond acceptors (Lipinski definition) is 3. The lowest BCUT2D eigenvalue weighted by Crippen LogP contribution is -2.34. The van der Waals surface area contributed by atoms with Crippen molar-refractivity contribution in [3.05, 3.63) is 34.9 Å². The maximum Gasteiger partial charge on any atom is 0.410 e. The standard InChI is InChI=1S/C11H10ClNO4/c12-8-3-1-7(2-4-8)9(10(14)15)13-5-6-17-11(13)16/h1-4,9H,5-6H2,(H,14,15)/t9-/m0/s1. The van der Waals surface area contributed by atoms with E-state index in [0.29, 0.717) is 10.6 Å². The Morgan fingerprint density at radius 2 is 2.06 bits per heavy atom. The van der Waals surface area contributed by atoms with Crippen molar-refractivity contribution < 1.29 is 19.4 Å². The monoisotopic (exact) mass is 255 g/mol. The van der Waals surface area contributed by atoms with Crippen molar-refractivity contribution in [2.24, 2.45) is 0 Å². The Morgan fingerprint density at radius 1 is 1.41 bits per heavy atom. The smallest absolute Gasteiger partial charge is 0.410 e. The summed E-state index contributed by atoms with van der Waals surface area (Å²) in [5.41, 5.74) is 0.501. The second kappa shape index (κ2) is 4.63. The number of carboxylic acid groups (broad SMARTS) is 1. The van der Waals surface area contributed by atoms with Gasteiger partial charge in [-0.2, -0.15) is 0 Å². The molecule has 1 aliphatic heterocycles. The van der Waals surface area contributed by atoms with E-state index in [0.717, 1.165) is 0 Å². The van der Waals surface area contributed by atoms with Gasteiger partial charge in [-0.05, 0) is 17.7 Å².